The van der Waals surface area contributed by atoms with Crippen LogP contribution in [0.2, 0.25) is 0 Å². The molecule has 1 atom stereocenters. The molecule has 0 bridgehead atoms. The van der Waals surface area contributed by atoms with Crippen molar-refractivity contribution in [3.8, 4) is 0 Å². The Morgan fingerprint density at radius 2 is 2.00 bits per heavy atom. The second kappa shape index (κ2) is 4.69. The third-order valence-corrected chi connectivity index (χ3v) is 4.31. The number of nitrogens with one attached hydrogen (secondary N) is 1. The summed E-state index contributed by atoms with van der Waals surface area (Å²) < 4.78 is 2.30. The molecule has 0 radical (unpaired) electrons. The van der Waals surface area contributed by atoms with Gasteiger partial charge in [-0.25, -0.2) is 0 Å². The number of aromatic nitrogens is 2. The highest BCUT2D eigenvalue weighted by Gasteiger charge is 2.32. The minimum atomic E-state index is 0.560. The maximum atomic E-state index is 4.67. The molecule has 0 amide bonds. The van der Waals surface area contributed by atoms with Gasteiger partial charge in [-0.1, -0.05) is 13.8 Å². The molecule has 3 nitrogen and oxygen atoms in total. The summed E-state index contributed by atoms with van der Waals surface area (Å²) in [6.45, 7) is 7.89. The lowest BCUT2D eigenvalue weighted by Gasteiger charge is -2.18. The van der Waals surface area contributed by atoms with Gasteiger partial charge in [-0.15, -0.1) is 0 Å². The highest BCUT2D eigenvalue weighted by atomic mass is 15.3. The first kappa shape index (κ1) is 12.2. The number of rotatable bonds is 6. The molecule has 1 heterocycles. The third kappa shape index (κ3) is 2.46. The van der Waals surface area contributed by atoms with Gasteiger partial charge >= 0.3 is 0 Å². The van der Waals surface area contributed by atoms with Gasteiger partial charge in [0.2, 0.25) is 0 Å². The van der Waals surface area contributed by atoms with E-state index in [-0.39, 0.29) is 0 Å². The van der Waals surface area contributed by atoms with E-state index in [1.165, 1.54) is 36.9 Å². The molecule has 1 aromatic rings. The van der Waals surface area contributed by atoms with Crippen molar-refractivity contribution in [3.63, 3.8) is 0 Å². The first-order chi connectivity index (χ1) is 8.66. The molecule has 0 spiro atoms. The Bertz CT molecular complexity index is 413. The van der Waals surface area contributed by atoms with E-state index in [0.717, 1.165) is 18.5 Å². The molecule has 0 aromatic carbocycles. The normalized spacial score (nSPS) is 21.6. The van der Waals surface area contributed by atoms with E-state index in [1.54, 1.807) is 0 Å². The molecule has 1 unspecified atom stereocenters. The van der Waals surface area contributed by atoms with Gasteiger partial charge < -0.3 is 5.32 Å². The zero-order valence-electron chi connectivity index (χ0n) is 11.8. The zero-order chi connectivity index (χ0) is 12.7. The molecule has 100 valence electrons. The summed E-state index contributed by atoms with van der Waals surface area (Å²) in [7, 11) is 0. The average molecular weight is 247 g/mol. The largest absolute Gasteiger partial charge is 0.310 e. The highest BCUT2D eigenvalue weighted by Crippen LogP contribution is 2.40. The molecule has 2 saturated carbocycles. The van der Waals surface area contributed by atoms with Crippen LogP contribution in [0.5, 0.6) is 0 Å². The summed E-state index contributed by atoms with van der Waals surface area (Å²) in [5, 5.41) is 8.29. The van der Waals surface area contributed by atoms with Crippen LogP contribution in [0, 0.1) is 5.92 Å². The van der Waals surface area contributed by atoms with E-state index in [2.05, 4.69) is 42.1 Å². The van der Waals surface area contributed by atoms with E-state index in [0.29, 0.717) is 12.0 Å². The Balaban J connectivity index is 1.78. The average Bonchev–Trinajstić information content (AvgIpc) is 3.22. The predicted molar refractivity (Wildman–Crippen MR) is 73.6 cm³/mol. The summed E-state index contributed by atoms with van der Waals surface area (Å²) in [6.07, 6.45) is 7.55. The Morgan fingerprint density at radius 1 is 1.28 bits per heavy atom. The molecule has 2 aliphatic rings. The van der Waals surface area contributed by atoms with Crippen LogP contribution in [-0.4, -0.2) is 15.8 Å². The molecule has 1 N–H and O–H groups in total. The van der Waals surface area contributed by atoms with Crippen LogP contribution in [-0.2, 0) is 6.54 Å². The van der Waals surface area contributed by atoms with Crippen LogP contribution in [0.4, 0.5) is 0 Å². The van der Waals surface area contributed by atoms with E-state index >= 15 is 0 Å². The Kier molecular flexibility index (Phi) is 3.18. The minimum Gasteiger partial charge on any atom is -0.310 e. The van der Waals surface area contributed by atoms with Crippen LogP contribution in [0.1, 0.15) is 69.7 Å². The molecule has 18 heavy (non-hydrogen) atoms. The first-order valence-electron chi connectivity index (χ1n) is 7.46. The van der Waals surface area contributed by atoms with Gasteiger partial charge in [-0.3, -0.25) is 4.68 Å². The highest BCUT2D eigenvalue weighted by molar-refractivity contribution is 5.22. The topological polar surface area (TPSA) is 29.9 Å². The minimum absolute atomic E-state index is 0.560. The van der Waals surface area contributed by atoms with Crippen LogP contribution >= 0.6 is 0 Å². The van der Waals surface area contributed by atoms with Crippen molar-refractivity contribution in [2.45, 2.75) is 71.0 Å². The second-order valence-electron chi connectivity index (χ2n) is 6.39. The molecule has 3 heteroatoms. The quantitative estimate of drug-likeness (QED) is 0.836. The van der Waals surface area contributed by atoms with Gasteiger partial charge in [-0.2, -0.15) is 5.10 Å². The maximum Gasteiger partial charge on any atom is 0.0537 e. The number of hydrogen-bond acceptors (Lipinski definition) is 2. The van der Waals surface area contributed by atoms with Crippen LogP contribution in [0.15, 0.2) is 6.20 Å². The van der Waals surface area contributed by atoms with Crippen molar-refractivity contribution < 1.29 is 0 Å². The molecule has 3 rings (SSSR count). The standard InChI is InChI=1S/C15H25N3/c1-10(2)15-13(8-16-14-6-7-14)9-17-18(15)11(3)12-4-5-12/h9-12,14,16H,4-8H2,1-3H3. The SMILES string of the molecule is CC(C)c1c(CNC2CC2)cnn1C(C)C1CC1. The molecule has 2 fully saturated rings. The number of hydrogen-bond donors (Lipinski definition) is 1. The summed E-state index contributed by atoms with van der Waals surface area (Å²) in [4.78, 5) is 0. The molecule has 0 aliphatic heterocycles. The van der Waals surface area contributed by atoms with Gasteiger partial charge in [0, 0.05) is 23.8 Å². The maximum absolute atomic E-state index is 4.67. The molecular formula is C15H25N3. The van der Waals surface area contributed by atoms with Crippen molar-refractivity contribution in [1.29, 1.82) is 0 Å². The molecule has 0 saturated heterocycles. The van der Waals surface area contributed by atoms with Gasteiger partial charge in [0.05, 0.1) is 12.2 Å². The Hall–Kier alpha value is -0.830. The van der Waals surface area contributed by atoms with Crippen LogP contribution in [0.25, 0.3) is 0 Å². The lowest BCUT2D eigenvalue weighted by atomic mass is 10.0. The summed E-state index contributed by atoms with van der Waals surface area (Å²) in [5.41, 5.74) is 2.85. The second-order valence-corrected chi connectivity index (χ2v) is 6.39. The van der Waals surface area contributed by atoms with Gasteiger partial charge in [0.1, 0.15) is 0 Å². The Morgan fingerprint density at radius 3 is 2.56 bits per heavy atom. The van der Waals surface area contributed by atoms with Crippen molar-refractivity contribution in [2.24, 2.45) is 5.92 Å². The zero-order valence-corrected chi connectivity index (χ0v) is 11.8. The first-order valence-corrected chi connectivity index (χ1v) is 7.46. The van der Waals surface area contributed by atoms with Gasteiger partial charge in [0.25, 0.3) is 0 Å². The van der Waals surface area contributed by atoms with Crippen molar-refractivity contribution in [1.82, 2.24) is 15.1 Å². The molecular weight excluding hydrogens is 222 g/mol. The van der Waals surface area contributed by atoms with Gasteiger partial charge in [-0.05, 0) is 44.4 Å². The van der Waals surface area contributed by atoms with Gasteiger partial charge in [0.15, 0.2) is 0 Å². The summed E-state index contributed by atoms with van der Waals surface area (Å²) in [5.74, 6) is 1.43. The summed E-state index contributed by atoms with van der Waals surface area (Å²) in [6, 6.07) is 1.35. The van der Waals surface area contributed by atoms with E-state index in [1.807, 2.05) is 0 Å². The van der Waals surface area contributed by atoms with Crippen molar-refractivity contribution in [2.75, 3.05) is 0 Å². The van der Waals surface area contributed by atoms with E-state index in [4.69, 9.17) is 0 Å². The third-order valence-electron chi connectivity index (χ3n) is 4.31. The lowest BCUT2D eigenvalue weighted by molar-refractivity contribution is 0.417. The molecule has 1 aromatic heterocycles. The fourth-order valence-corrected chi connectivity index (χ4v) is 2.82. The van der Waals surface area contributed by atoms with E-state index < -0.39 is 0 Å². The van der Waals surface area contributed by atoms with Crippen molar-refractivity contribution in [3.05, 3.63) is 17.5 Å². The van der Waals surface area contributed by atoms with Crippen molar-refractivity contribution >= 4 is 0 Å². The fourth-order valence-electron chi connectivity index (χ4n) is 2.82. The van der Waals surface area contributed by atoms with Crippen LogP contribution in [0.3, 0.4) is 0 Å². The smallest absolute Gasteiger partial charge is 0.0537 e. The fraction of sp³-hybridized carbons (Fsp3) is 0.800. The van der Waals surface area contributed by atoms with E-state index in [9.17, 15) is 0 Å². The predicted octanol–water partition coefficient (Wildman–Crippen LogP) is 3.23. The lowest BCUT2D eigenvalue weighted by Crippen LogP contribution is -2.18. The Labute approximate surface area is 110 Å². The summed E-state index contributed by atoms with van der Waals surface area (Å²) >= 11 is 0. The monoisotopic (exact) mass is 247 g/mol. The molecule has 2 aliphatic carbocycles. The van der Waals surface area contributed by atoms with Crippen LogP contribution < -0.4 is 5.32 Å². The number of nitrogens with zero attached hydrogens (tertiary/aromatic N) is 2.